The van der Waals surface area contributed by atoms with Crippen molar-refractivity contribution in [2.24, 2.45) is 0 Å². The highest BCUT2D eigenvalue weighted by atomic mass is 16.2. The molecule has 6 heteroatoms. The first kappa shape index (κ1) is 12.3. The minimum absolute atomic E-state index is 0.221. The minimum atomic E-state index is -0.903. The van der Waals surface area contributed by atoms with Gasteiger partial charge in [0.25, 0.3) is 0 Å². The van der Waals surface area contributed by atoms with Crippen molar-refractivity contribution in [3.8, 4) is 0 Å². The van der Waals surface area contributed by atoms with Gasteiger partial charge in [-0.2, -0.15) is 0 Å². The summed E-state index contributed by atoms with van der Waals surface area (Å²) in [7, 11) is 0. The molecule has 6 nitrogen and oxygen atoms in total. The second-order valence-corrected chi connectivity index (χ2v) is 2.59. The monoisotopic (exact) mass is 200 g/mol. The molecule has 0 aliphatic carbocycles. The lowest BCUT2D eigenvalue weighted by atomic mass is 10.1. The first-order valence-electron chi connectivity index (χ1n) is 4.13. The van der Waals surface area contributed by atoms with E-state index in [4.69, 9.17) is 0 Å². The molecule has 0 saturated carbocycles. The van der Waals surface area contributed by atoms with Gasteiger partial charge >= 0.3 is 0 Å². The van der Waals surface area contributed by atoms with Crippen LogP contribution in [0, 0.1) is 0 Å². The molecule has 78 valence electrons. The Labute approximate surface area is 81.2 Å². The van der Waals surface area contributed by atoms with Gasteiger partial charge < -0.3 is 0 Å². The Balaban J connectivity index is 4.53. The Morgan fingerprint density at radius 3 is 2.29 bits per heavy atom. The smallest absolute Gasteiger partial charge is 0.249 e. The number of amides is 4. The summed E-state index contributed by atoms with van der Waals surface area (Å²) in [6, 6.07) is -0.903. The van der Waals surface area contributed by atoms with Crippen LogP contribution in [0.1, 0.15) is 19.8 Å². The fourth-order valence-electron chi connectivity index (χ4n) is 1.02. The minimum Gasteiger partial charge on any atom is -0.297 e. The maximum Gasteiger partial charge on any atom is 0.249 e. The lowest BCUT2D eigenvalue weighted by Crippen LogP contribution is -2.45. The normalized spacial score (nSPS) is 11.2. The molecule has 0 heterocycles. The van der Waals surface area contributed by atoms with E-state index in [0.717, 1.165) is 0 Å². The van der Waals surface area contributed by atoms with Crippen LogP contribution in [-0.4, -0.2) is 36.1 Å². The van der Waals surface area contributed by atoms with Gasteiger partial charge in [-0.25, -0.2) is 0 Å². The lowest BCUT2D eigenvalue weighted by Gasteiger charge is -2.20. The van der Waals surface area contributed by atoms with Crippen LogP contribution in [0.15, 0.2) is 0 Å². The third-order valence-electron chi connectivity index (χ3n) is 1.67. The van der Waals surface area contributed by atoms with Crippen molar-refractivity contribution in [1.82, 2.24) is 10.2 Å². The molecule has 0 aliphatic heterocycles. The average Bonchev–Trinajstić information content (AvgIpc) is 2.18. The fourth-order valence-corrected chi connectivity index (χ4v) is 1.02. The molecule has 0 rings (SSSR count). The summed E-state index contributed by atoms with van der Waals surface area (Å²) in [6.07, 6.45) is 1.69. The maximum absolute atomic E-state index is 11.2. The van der Waals surface area contributed by atoms with Crippen molar-refractivity contribution >= 4 is 25.1 Å². The maximum atomic E-state index is 11.2. The van der Waals surface area contributed by atoms with Crippen LogP contribution in [0.3, 0.4) is 0 Å². The van der Waals surface area contributed by atoms with Crippen molar-refractivity contribution < 1.29 is 19.2 Å². The third kappa shape index (κ3) is 3.34. The zero-order valence-electron chi connectivity index (χ0n) is 7.80. The van der Waals surface area contributed by atoms with Crippen LogP contribution in [0.2, 0.25) is 0 Å². The van der Waals surface area contributed by atoms with Gasteiger partial charge in [0.05, 0.1) is 0 Å². The van der Waals surface area contributed by atoms with Crippen molar-refractivity contribution in [2.45, 2.75) is 25.8 Å². The summed E-state index contributed by atoms with van der Waals surface area (Å²) >= 11 is 0. The lowest BCUT2D eigenvalue weighted by molar-refractivity contribution is -0.141. The fraction of sp³-hybridized carbons (Fsp3) is 0.500. The van der Waals surface area contributed by atoms with Crippen LogP contribution < -0.4 is 5.32 Å². The largest absolute Gasteiger partial charge is 0.297 e. The average molecular weight is 200 g/mol. The van der Waals surface area contributed by atoms with Crippen LogP contribution in [0.25, 0.3) is 0 Å². The quantitative estimate of drug-likeness (QED) is 0.536. The van der Waals surface area contributed by atoms with E-state index in [-0.39, 0.29) is 19.2 Å². The van der Waals surface area contributed by atoms with Crippen molar-refractivity contribution in [1.29, 1.82) is 0 Å². The number of nitrogens with one attached hydrogen (secondary N) is 1. The van der Waals surface area contributed by atoms with E-state index in [0.29, 0.717) is 17.7 Å². The molecule has 4 amide bonds. The number of rotatable bonds is 7. The van der Waals surface area contributed by atoms with Gasteiger partial charge in [0.15, 0.2) is 0 Å². The van der Waals surface area contributed by atoms with Gasteiger partial charge in [-0.1, -0.05) is 13.3 Å². The molecule has 0 aromatic rings. The summed E-state index contributed by atoms with van der Waals surface area (Å²) < 4.78 is 0. The van der Waals surface area contributed by atoms with Crippen LogP contribution in [0.4, 0.5) is 0 Å². The van der Waals surface area contributed by atoms with Gasteiger partial charge in [-0.15, -0.1) is 0 Å². The third-order valence-corrected chi connectivity index (χ3v) is 1.67. The summed E-state index contributed by atoms with van der Waals surface area (Å²) in [5, 5.41) is 1.90. The standard InChI is InChI=1S/C8H12N2O4/c1-2-3-7(8(14)9-4-11)10(5-12)6-13/h4-7H,2-3H2,1H3,(H,9,11,14). The number of hydrogen-bond donors (Lipinski definition) is 1. The summed E-state index contributed by atoms with van der Waals surface area (Å²) in [5.74, 6) is -0.652. The second-order valence-electron chi connectivity index (χ2n) is 2.59. The van der Waals surface area contributed by atoms with E-state index in [1.165, 1.54) is 0 Å². The predicted molar refractivity (Wildman–Crippen MR) is 46.9 cm³/mol. The topological polar surface area (TPSA) is 83.6 Å². The summed E-state index contributed by atoms with van der Waals surface area (Å²) in [5.41, 5.74) is 0. The van der Waals surface area contributed by atoms with Crippen LogP contribution in [-0.2, 0) is 19.2 Å². The first-order valence-corrected chi connectivity index (χ1v) is 4.13. The Hall–Kier alpha value is -1.72. The van der Waals surface area contributed by atoms with E-state index in [9.17, 15) is 19.2 Å². The molecule has 0 fully saturated rings. The van der Waals surface area contributed by atoms with Gasteiger partial charge in [0.2, 0.25) is 25.1 Å². The first-order chi connectivity index (χ1) is 6.71. The molecular weight excluding hydrogens is 188 g/mol. The molecule has 0 aromatic heterocycles. The van der Waals surface area contributed by atoms with Crippen molar-refractivity contribution in [2.75, 3.05) is 0 Å². The highest BCUT2D eigenvalue weighted by Crippen LogP contribution is 2.03. The molecule has 14 heavy (non-hydrogen) atoms. The van der Waals surface area contributed by atoms with E-state index < -0.39 is 11.9 Å². The van der Waals surface area contributed by atoms with E-state index in [1.807, 2.05) is 5.32 Å². The zero-order chi connectivity index (χ0) is 11.0. The Morgan fingerprint density at radius 2 is 1.93 bits per heavy atom. The predicted octanol–water partition coefficient (Wildman–Crippen LogP) is -0.957. The van der Waals surface area contributed by atoms with E-state index >= 15 is 0 Å². The molecule has 1 N–H and O–H groups in total. The SMILES string of the molecule is CCCC(C(=O)NC=O)N(C=O)C=O. The Bertz CT molecular complexity index is 221. The zero-order valence-corrected chi connectivity index (χ0v) is 7.80. The van der Waals surface area contributed by atoms with E-state index in [2.05, 4.69) is 0 Å². The van der Waals surface area contributed by atoms with Crippen molar-refractivity contribution in [3.05, 3.63) is 0 Å². The number of imide groups is 2. The second kappa shape index (κ2) is 6.76. The molecule has 0 radical (unpaired) electrons. The number of hydrogen-bond acceptors (Lipinski definition) is 4. The molecule has 0 saturated heterocycles. The molecular formula is C8H12N2O4. The summed E-state index contributed by atoms with van der Waals surface area (Å²) in [4.78, 5) is 42.7. The molecule has 0 aliphatic rings. The van der Waals surface area contributed by atoms with Crippen molar-refractivity contribution in [3.63, 3.8) is 0 Å². The highest BCUT2D eigenvalue weighted by molar-refractivity contribution is 5.93. The Morgan fingerprint density at radius 1 is 1.36 bits per heavy atom. The highest BCUT2D eigenvalue weighted by Gasteiger charge is 2.23. The molecule has 0 spiro atoms. The van der Waals surface area contributed by atoms with Crippen LogP contribution in [0.5, 0.6) is 0 Å². The summed E-state index contributed by atoms with van der Waals surface area (Å²) in [6.45, 7) is 1.80. The number of carbonyl (C=O) groups excluding carboxylic acids is 4. The Kier molecular flexibility index (Phi) is 5.93. The number of nitrogens with zero attached hydrogens (tertiary/aromatic N) is 1. The van der Waals surface area contributed by atoms with E-state index in [1.54, 1.807) is 6.92 Å². The van der Waals surface area contributed by atoms with Gasteiger partial charge in [-0.3, -0.25) is 29.4 Å². The van der Waals surface area contributed by atoms with Gasteiger partial charge in [-0.05, 0) is 6.42 Å². The molecule has 0 bridgehead atoms. The van der Waals surface area contributed by atoms with Gasteiger partial charge in [0, 0.05) is 0 Å². The number of carbonyl (C=O) groups is 4. The molecule has 1 atom stereocenters. The molecule has 0 aromatic carbocycles. The van der Waals surface area contributed by atoms with Gasteiger partial charge in [0.1, 0.15) is 6.04 Å². The van der Waals surface area contributed by atoms with Crippen LogP contribution >= 0.6 is 0 Å². The molecule has 1 unspecified atom stereocenters.